The molecule has 94 valence electrons. The maximum Gasteiger partial charge on any atom is 0.103 e. The van der Waals surface area contributed by atoms with E-state index in [0.717, 1.165) is 17.6 Å². The number of benzene rings is 1. The van der Waals surface area contributed by atoms with Crippen molar-refractivity contribution in [3.8, 4) is 0 Å². The summed E-state index contributed by atoms with van der Waals surface area (Å²) in [5.41, 5.74) is 1.26. The Morgan fingerprint density at radius 2 is 2.00 bits per heavy atom. The van der Waals surface area contributed by atoms with Gasteiger partial charge in [0.1, 0.15) is 6.54 Å². The third-order valence-corrected chi connectivity index (χ3v) is 4.24. The summed E-state index contributed by atoms with van der Waals surface area (Å²) in [6.45, 7) is 7.24. The lowest BCUT2D eigenvalue weighted by molar-refractivity contribution is -0.912. The smallest absolute Gasteiger partial charge is 0.103 e. The Morgan fingerprint density at radius 1 is 1.29 bits per heavy atom. The summed E-state index contributed by atoms with van der Waals surface area (Å²) >= 11 is 6.16. The van der Waals surface area contributed by atoms with Gasteiger partial charge < -0.3 is 10.2 Å². The topological polar surface area (TPSA) is 21.1 Å². The highest BCUT2D eigenvalue weighted by molar-refractivity contribution is 6.31. The minimum atomic E-state index is 0.793. The monoisotopic (exact) mass is 254 g/mol. The summed E-state index contributed by atoms with van der Waals surface area (Å²) in [7, 11) is 0. The average Bonchev–Trinajstić information content (AvgIpc) is 2.38. The third kappa shape index (κ3) is 3.70. The molecule has 0 radical (unpaired) electrons. The third-order valence-electron chi connectivity index (χ3n) is 3.87. The van der Waals surface area contributed by atoms with Gasteiger partial charge in [0, 0.05) is 23.4 Å². The molecule has 0 amide bonds. The Morgan fingerprint density at radius 3 is 2.65 bits per heavy atom. The van der Waals surface area contributed by atoms with Crippen molar-refractivity contribution in [2.75, 3.05) is 19.6 Å². The summed E-state index contributed by atoms with van der Waals surface area (Å²) in [6, 6.07) is 8.97. The molecule has 2 rings (SSSR count). The van der Waals surface area contributed by atoms with E-state index < -0.39 is 0 Å². The van der Waals surface area contributed by atoms with Crippen LogP contribution in [0.15, 0.2) is 24.3 Å². The fourth-order valence-electron chi connectivity index (χ4n) is 2.60. The molecule has 17 heavy (non-hydrogen) atoms. The molecule has 1 aromatic carbocycles. The van der Waals surface area contributed by atoms with E-state index in [1.54, 1.807) is 4.90 Å². The van der Waals surface area contributed by atoms with Gasteiger partial charge in [-0.3, -0.25) is 0 Å². The second-order valence-electron chi connectivity index (χ2n) is 4.97. The van der Waals surface area contributed by atoms with Crippen molar-refractivity contribution >= 4 is 11.6 Å². The molecule has 0 aromatic heterocycles. The summed E-state index contributed by atoms with van der Waals surface area (Å²) in [4.78, 5) is 1.76. The molecule has 1 aliphatic rings. The lowest BCUT2D eigenvalue weighted by atomic mass is 10.0. The highest BCUT2D eigenvalue weighted by Crippen LogP contribution is 2.13. The molecule has 1 aliphatic heterocycles. The molecule has 1 aromatic rings. The van der Waals surface area contributed by atoms with Crippen LogP contribution in [-0.2, 0) is 6.54 Å². The van der Waals surface area contributed by atoms with E-state index in [9.17, 15) is 0 Å². The molecule has 0 bridgehead atoms. The Kier molecular flexibility index (Phi) is 4.84. The van der Waals surface area contributed by atoms with Crippen molar-refractivity contribution in [1.82, 2.24) is 0 Å². The Balaban J connectivity index is 1.78. The van der Waals surface area contributed by atoms with Crippen LogP contribution in [0.3, 0.4) is 0 Å². The first kappa shape index (κ1) is 12.9. The van der Waals surface area contributed by atoms with Gasteiger partial charge in [0.25, 0.3) is 0 Å². The fourth-order valence-corrected chi connectivity index (χ4v) is 2.81. The number of likely N-dealkylation sites (tertiary alicyclic amines) is 1. The zero-order chi connectivity index (χ0) is 12.1. The maximum absolute atomic E-state index is 6.16. The summed E-state index contributed by atoms with van der Waals surface area (Å²) in [5, 5.41) is 3.37. The van der Waals surface area contributed by atoms with Crippen LogP contribution in [0, 0.1) is 0 Å². The van der Waals surface area contributed by atoms with Crippen LogP contribution in [-0.4, -0.2) is 25.7 Å². The molecule has 1 fully saturated rings. The summed E-state index contributed by atoms with van der Waals surface area (Å²) in [5.74, 6) is 0. The molecular formula is C14H23ClN2+2. The van der Waals surface area contributed by atoms with Crippen molar-refractivity contribution in [3.63, 3.8) is 0 Å². The molecule has 0 spiro atoms. The van der Waals surface area contributed by atoms with Gasteiger partial charge in [0.05, 0.1) is 25.7 Å². The molecule has 0 unspecified atom stereocenters. The standard InChI is InChI=1S/C14H21ClN2/c1-2-17-9-7-13(8-10-17)16-11-12-5-3-4-6-14(12)15/h3-6,13,16H,2,7-11H2,1H3/p+2. The second kappa shape index (κ2) is 6.39. The maximum atomic E-state index is 6.16. The van der Waals surface area contributed by atoms with Gasteiger partial charge in [-0.15, -0.1) is 0 Å². The summed E-state index contributed by atoms with van der Waals surface area (Å²) < 4.78 is 0. The zero-order valence-corrected chi connectivity index (χ0v) is 11.3. The van der Waals surface area contributed by atoms with E-state index in [1.165, 1.54) is 38.0 Å². The van der Waals surface area contributed by atoms with E-state index >= 15 is 0 Å². The predicted octanol–water partition coefficient (Wildman–Crippen LogP) is 0.471. The highest BCUT2D eigenvalue weighted by Gasteiger charge is 2.23. The van der Waals surface area contributed by atoms with E-state index in [4.69, 9.17) is 11.6 Å². The van der Waals surface area contributed by atoms with E-state index in [0.29, 0.717) is 0 Å². The van der Waals surface area contributed by atoms with Crippen molar-refractivity contribution < 1.29 is 10.2 Å². The lowest BCUT2D eigenvalue weighted by Gasteiger charge is -2.27. The summed E-state index contributed by atoms with van der Waals surface area (Å²) in [6.07, 6.45) is 2.68. The molecule has 2 nitrogen and oxygen atoms in total. The van der Waals surface area contributed by atoms with Crippen molar-refractivity contribution in [2.45, 2.75) is 32.4 Å². The van der Waals surface area contributed by atoms with Gasteiger partial charge in [-0.25, -0.2) is 0 Å². The van der Waals surface area contributed by atoms with Gasteiger partial charge in [0.2, 0.25) is 0 Å². The van der Waals surface area contributed by atoms with Gasteiger partial charge in [-0.2, -0.15) is 0 Å². The number of quaternary nitrogens is 2. The molecule has 0 aliphatic carbocycles. The van der Waals surface area contributed by atoms with Crippen LogP contribution in [0.1, 0.15) is 25.3 Å². The number of rotatable bonds is 4. The first-order valence-electron chi connectivity index (χ1n) is 6.70. The number of halogens is 1. The first-order valence-corrected chi connectivity index (χ1v) is 7.07. The minimum absolute atomic E-state index is 0.793. The van der Waals surface area contributed by atoms with E-state index in [1.807, 2.05) is 12.1 Å². The van der Waals surface area contributed by atoms with Gasteiger partial charge >= 0.3 is 0 Å². The lowest BCUT2D eigenvalue weighted by Crippen LogP contribution is -3.14. The minimum Gasteiger partial charge on any atom is -0.340 e. The largest absolute Gasteiger partial charge is 0.340 e. The van der Waals surface area contributed by atoms with E-state index in [-0.39, 0.29) is 0 Å². The number of nitrogens with one attached hydrogen (secondary N) is 1. The van der Waals surface area contributed by atoms with Crippen LogP contribution in [0.25, 0.3) is 0 Å². The molecular weight excluding hydrogens is 232 g/mol. The van der Waals surface area contributed by atoms with Gasteiger partial charge in [-0.1, -0.05) is 29.8 Å². The number of nitrogens with two attached hydrogens (primary N) is 1. The Bertz CT molecular complexity index is 346. The average molecular weight is 255 g/mol. The predicted molar refractivity (Wildman–Crippen MR) is 71.3 cm³/mol. The number of hydrogen-bond acceptors (Lipinski definition) is 0. The molecule has 0 atom stereocenters. The van der Waals surface area contributed by atoms with Crippen LogP contribution < -0.4 is 10.2 Å². The number of piperidine rings is 1. The van der Waals surface area contributed by atoms with Crippen LogP contribution in [0.5, 0.6) is 0 Å². The van der Waals surface area contributed by atoms with E-state index in [2.05, 4.69) is 24.4 Å². The zero-order valence-electron chi connectivity index (χ0n) is 10.6. The first-order chi connectivity index (χ1) is 8.29. The Hall–Kier alpha value is -0.570. The van der Waals surface area contributed by atoms with Gasteiger partial charge in [-0.05, 0) is 13.0 Å². The van der Waals surface area contributed by atoms with Crippen LogP contribution >= 0.6 is 11.6 Å². The SMILES string of the molecule is CC[NH+]1CCC([NH2+]Cc2ccccc2Cl)CC1. The number of hydrogen-bond donors (Lipinski definition) is 2. The molecule has 1 heterocycles. The van der Waals surface area contributed by atoms with Crippen LogP contribution in [0.2, 0.25) is 5.02 Å². The molecule has 3 N–H and O–H groups in total. The van der Waals surface area contributed by atoms with Crippen LogP contribution in [0.4, 0.5) is 0 Å². The van der Waals surface area contributed by atoms with Crippen molar-refractivity contribution in [1.29, 1.82) is 0 Å². The quantitative estimate of drug-likeness (QED) is 0.780. The fraction of sp³-hybridized carbons (Fsp3) is 0.571. The van der Waals surface area contributed by atoms with Crippen molar-refractivity contribution in [3.05, 3.63) is 34.9 Å². The second-order valence-corrected chi connectivity index (χ2v) is 5.38. The Labute approximate surface area is 109 Å². The highest BCUT2D eigenvalue weighted by atomic mass is 35.5. The van der Waals surface area contributed by atoms with Crippen molar-refractivity contribution in [2.24, 2.45) is 0 Å². The molecule has 0 saturated carbocycles. The normalized spacial score (nSPS) is 24.8. The van der Waals surface area contributed by atoms with Gasteiger partial charge in [0.15, 0.2) is 0 Å². The molecule has 3 heteroatoms. The molecule has 1 saturated heterocycles.